The molecular weight excluding hydrogens is 229 g/mol. The molecule has 0 atom stereocenters. The number of nitrogens with two attached hydrogens (primary N) is 1. The number of carbonyl (C=O) groups excluding carboxylic acids is 1. The molecule has 0 saturated heterocycles. The normalized spacial score (nSPS) is 10.7. The third-order valence-electron chi connectivity index (χ3n) is 2.55. The second kappa shape index (κ2) is 5.27. The van der Waals surface area contributed by atoms with E-state index >= 15 is 0 Å². The van der Waals surface area contributed by atoms with E-state index in [2.05, 4.69) is 0 Å². The van der Waals surface area contributed by atoms with Gasteiger partial charge in [-0.25, -0.2) is 4.39 Å². The van der Waals surface area contributed by atoms with Crippen molar-refractivity contribution in [2.75, 3.05) is 0 Å². The third-order valence-corrected chi connectivity index (χ3v) is 2.55. The first-order valence-electron chi connectivity index (χ1n) is 5.50. The molecule has 0 fully saturated rings. The molecule has 2 aromatic carbocycles. The second-order valence-electron chi connectivity index (χ2n) is 3.80. The lowest BCUT2D eigenvalue weighted by atomic mass is 9.99. The molecule has 2 aromatic rings. The van der Waals surface area contributed by atoms with Crippen molar-refractivity contribution in [1.82, 2.24) is 0 Å². The van der Waals surface area contributed by atoms with Gasteiger partial charge in [0.1, 0.15) is 5.82 Å². The van der Waals surface area contributed by atoms with Crippen LogP contribution in [0.5, 0.6) is 0 Å². The van der Waals surface area contributed by atoms with Gasteiger partial charge in [0, 0.05) is 11.6 Å². The summed E-state index contributed by atoms with van der Waals surface area (Å²) in [5.41, 5.74) is 7.04. The van der Waals surface area contributed by atoms with Crippen LogP contribution < -0.4 is 5.73 Å². The zero-order valence-corrected chi connectivity index (χ0v) is 9.64. The molecule has 0 bridgehead atoms. The van der Waals surface area contributed by atoms with Gasteiger partial charge in [-0.15, -0.1) is 0 Å². The topological polar surface area (TPSA) is 43.1 Å². The Kier molecular flexibility index (Phi) is 3.53. The maximum Gasteiger partial charge on any atom is 0.241 e. The van der Waals surface area contributed by atoms with Crippen LogP contribution in [0.3, 0.4) is 0 Å². The molecule has 3 heteroatoms. The van der Waals surface area contributed by atoms with E-state index < -0.39 is 5.91 Å². The summed E-state index contributed by atoms with van der Waals surface area (Å²) >= 11 is 0. The molecule has 0 spiro atoms. The largest absolute Gasteiger partial charge is 0.366 e. The Hall–Kier alpha value is -2.42. The minimum Gasteiger partial charge on any atom is -0.366 e. The van der Waals surface area contributed by atoms with Crippen LogP contribution in [0.4, 0.5) is 4.39 Å². The van der Waals surface area contributed by atoms with Crippen LogP contribution in [0.25, 0.3) is 17.2 Å². The summed E-state index contributed by atoms with van der Waals surface area (Å²) < 4.78 is 13.7. The molecule has 0 aliphatic carbocycles. The number of halogens is 1. The number of primary amides is 1. The van der Waals surface area contributed by atoms with Crippen LogP contribution in [0.2, 0.25) is 0 Å². The van der Waals surface area contributed by atoms with E-state index in [4.69, 9.17) is 5.73 Å². The number of carbonyl (C=O) groups is 1. The third kappa shape index (κ3) is 2.63. The molecule has 0 radical (unpaired) electrons. The lowest BCUT2D eigenvalue weighted by Crippen LogP contribution is -2.05. The van der Waals surface area contributed by atoms with E-state index in [0.29, 0.717) is 5.56 Å². The van der Waals surface area contributed by atoms with Crippen LogP contribution >= 0.6 is 0 Å². The molecule has 0 unspecified atom stereocenters. The zero-order chi connectivity index (χ0) is 13.0. The van der Waals surface area contributed by atoms with Crippen molar-refractivity contribution in [2.24, 2.45) is 5.73 Å². The molecule has 90 valence electrons. The molecule has 18 heavy (non-hydrogen) atoms. The van der Waals surface area contributed by atoms with E-state index in [-0.39, 0.29) is 5.82 Å². The highest BCUT2D eigenvalue weighted by molar-refractivity contribution is 5.91. The van der Waals surface area contributed by atoms with Gasteiger partial charge in [0.25, 0.3) is 0 Å². The van der Waals surface area contributed by atoms with Gasteiger partial charge in [-0.1, -0.05) is 42.5 Å². The predicted molar refractivity (Wildman–Crippen MR) is 70.1 cm³/mol. The average molecular weight is 241 g/mol. The number of hydrogen-bond donors (Lipinski definition) is 1. The van der Waals surface area contributed by atoms with E-state index in [9.17, 15) is 9.18 Å². The zero-order valence-electron chi connectivity index (χ0n) is 9.64. The van der Waals surface area contributed by atoms with E-state index in [1.165, 1.54) is 12.1 Å². The van der Waals surface area contributed by atoms with Gasteiger partial charge in [0.05, 0.1) is 0 Å². The number of rotatable bonds is 3. The van der Waals surface area contributed by atoms with Crippen molar-refractivity contribution < 1.29 is 9.18 Å². The van der Waals surface area contributed by atoms with Crippen molar-refractivity contribution in [3.8, 4) is 11.1 Å². The Morgan fingerprint density at radius 2 is 1.61 bits per heavy atom. The van der Waals surface area contributed by atoms with Crippen LogP contribution in [-0.2, 0) is 4.79 Å². The summed E-state index contributed by atoms with van der Waals surface area (Å²) in [6.45, 7) is 0. The lowest BCUT2D eigenvalue weighted by molar-refractivity contribution is -0.113. The molecule has 2 N–H and O–H groups in total. The molecule has 2 nitrogen and oxygen atoms in total. The van der Waals surface area contributed by atoms with Crippen LogP contribution in [0.15, 0.2) is 54.6 Å². The highest BCUT2D eigenvalue weighted by atomic mass is 19.1. The van der Waals surface area contributed by atoms with Gasteiger partial charge in [0.15, 0.2) is 0 Å². The van der Waals surface area contributed by atoms with Crippen LogP contribution in [0, 0.1) is 5.82 Å². The number of amides is 1. The first-order chi connectivity index (χ1) is 8.68. The van der Waals surface area contributed by atoms with Gasteiger partial charge >= 0.3 is 0 Å². The van der Waals surface area contributed by atoms with Gasteiger partial charge in [-0.3, -0.25) is 4.79 Å². The Morgan fingerprint density at radius 3 is 2.28 bits per heavy atom. The van der Waals surface area contributed by atoms with Crippen molar-refractivity contribution in [3.63, 3.8) is 0 Å². The van der Waals surface area contributed by atoms with Crippen molar-refractivity contribution in [2.45, 2.75) is 0 Å². The Labute approximate surface area is 105 Å². The Morgan fingerprint density at radius 1 is 1.00 bits per heavy atom. The average Bonchev–Trinajstić information content (AvgIpc) is 2.37. The summed E-state index contributed by atoms with van der Waals surface area (Å²) in [6, 6.07) is 13.8. The second-order valence-corrected chi connectivity index (χ2v) is 3.80. The summed E-state index contributed by atoms with van der Waals surface area (Å²) in [4.78, 5) is 10.7. The molecule has 0 aromatic heterocycles. The van der Waals surface area contributed by atoms with Gasteiger partial charge < -0.3 is 5.73 Å². The summed E-state index contributed by atoms with van der Waals surface area (Å²) in [7, 11) is 0. The minimum absolute atomic E-state index is 0.294. The molecule has 0 saturated carbocycles. The summed E-state index contributed by atoms with van der Waals surface area (Å²) in [5, 5.41) is 0. The fourth-order valence-corrected chi connectivity index (χ4v) is 1.74. The van der Waals surface area contributed by atoms with E-state index in [1.807, 2.05) is 12.1 Å². The van der Waals surface area contributed by atoms with Crippen molar-refractivity contribution >= 4 is 12.0 Å². The highest BCUT2D eigenvalue weighted by Gasteiger charge is 2.06. The molecule has 0 heterocycles. The van der Waals surface area contributed by atoms with E-state index in [1.54, 1.807) is 36.4 Å². The fraction of sp³-hybridized carbons (Fsp3) is 0. The SMILES string of the molecule is NC(=O)/C=C/c1ccccc1-c1ccccc1F. The van der Waals surface area contributed by atoms with Gasteiger partial charge in [-0.05, 0) is 23.3 Å². The molecule has 2 rings (SSSR count). The summed E-state index contributed by atoms with van der Waals surface area (Å²) in [6.07, 6.45) is 2.85. The maximum absolute atomic E-state index is 13.7. The van der Waals surface area contributed by atoms with Crippen LogP contribution in [-0.4, -0.2) is 5.91 Å². The lowest BCUT2D eigenvalue weighted by Gasteiger charge is -2.07. The molecular formula is C15H12FNO. The quantitative estimate of drug-likeness (QED) is 0.825. The Bertz CT molecular complexity index is 605. The Balaban J connectivity index is 2.52. The highest BCUT2D eigenvalue weighted by Crippen LogP contribution is 2.26. The fourth-order valence-electron chi connectivity index (χ4n) is 1.74. The molecule has 1 amide bonds. The van der Waals surface area contributed by atoms with Crippen molar-refractivity contribution in [3.05, 3.63) is 66.0 Å². The number of hydrogen-bond acceptors (Lipinski definition) is 1. The first-order valence-corrected chi connectivity index (χ1v) is 5.50. The number of benzene rings is 2. The molecule has 0 aliphatic heterocycles. The van der Waals surface area contributed by atoms with E-state index in [0.717, 1.165) is 11.1 Å². The summed E-state index contributed by atoms with van der Waals surface area (Å²) in [5.74, 6) is -0.823. The standard InChI is InChI=1S/C15H12FNO/c16-14-8-4-3-7-13(14)12-6-2-1-5-11(12)9-10-15(17)18/h1-10H,(H2,17,18)/b10-9+. The first kappa shape index (κ1) is 12.0. The van der Waals surface area contributed by atoms with Crippen LogP contribution in [0.1, 0.15) is 5.56 Å². The maximum atomic E-state index is 13.7. The monoisotopic (exact) mass is 241 g/mol. The van der Waals surface area contributed by atoms with Gasteiger partial charge in [0.2, 0.25) is 5.91 Å². The minimum atomic E-state index is -0.529. The molecule has 0 aliphatic rings. The van der Waals surface area contributed by atoms with Crippen molar-refractivity contribution in [1.29, 1.82) is 0 Å². The predicted octanol–water partition coefficient (Wildman–Crippen LogP) is 2.99. The van der Waals surface area contributed by atoms with Gasteiger partial charge in [-0.2, -0.15) is 0 Å². The smallest absolute Gasteiger partial charge is 0.241 e.